The Hall–Kier alpha value is -4.32. The molecule has 0 aliphatic carbocycles. The summed E-state index contributed by atoms with van der Waals surface area (Å²) in [5.74, 6) is -2.84. The molecule has 2 aromatic rings. The van der Waals surface area contributed by atoms with Gasteiger partial charge < -0.3 is 43.6 Å². The van der Waals surface area contributed by atoms with Crippen LogP contribution in [0, 0.1) is 0 Å². The summed E-state index contributed by atoms with van der Waals surface area (Å²) < 4.78 is 55.9. The van der Waals surface area contributed by atoms with E-state index < -0.39 is 65.1 Å². The maximum atomic E-state index is 12.3. The summed E-state index contributed by atoms with van der Waals surface area (Å²) in [5, 5.41) is 39.1. The molecule has 16 heteroatoms. The predicted molar refractivity (Wildman–Crippen MR) is 146 cm³/mol. The highest BCUT2D eigenvalue weighted by atomic mass is 32.3. The smallest absolute Gasteiger partial charge is 0.446 e. The topological polar surface area (TPSA) is 233 Å². The van der Waals surface area contributed by atoms with E-state index in [1.807, 2.05) is 0 Å². The Kier molecular flexibility index (Phi) is 11.0. The lowest BCUT2D eigenvalue weighted by atomic mass is 9.99. The molecule has 1 aliphatic rings. The number of allylic oxidation sites excluding steroid dienone is 2. The van der Waals surface area contributed by atoms with Gasteiger partial charge in [-0.1, -0.05) is 24.3 Å². The lowest BCUT2D eigenvalue weighted by Crippen LogP contribution is -2.61. The second kappa shape index (κ2) is 14.2. The van der Waals surface area contributed by atoms with E-state index in [0.717, 1.165) is 12.2 Å². The molecule has 1 saturated heterocycles. The average Bonchev–Trinajstić information content (AvgIpc) is 2.95. The van der Waals surface area contributed by atoms with Gasteiger partial charge in [0.15, 0.2) is 40.7 Å². The van der Waals surface area contributed by atoms with E-state index in [4.69, 9.17) is 23.5 Å². The predicted octanol–water partition coefficient (Wildman–Crippen LogP) is 0.411. The minimum absolute atomic E-state index is 0.00252. The number of methoxy groups -OCH3 is 2. The molecule has 0 amide bonds. The van der Waals surface area contributed by atoms with Crippen molar-refractivity contribution in [3.63, 3.8) is 0 Å². The van der Waals surface area contributed by atoms with Gasteiger partial charge in [-0.2, -0.15) is 8.42 Å². The standard InChI is InChI=1S/C27H28O15S/c1-38-20-11-14(5-9-18(20)40-27-24(32)22(30)23(31)25(41-27)26(33)34)3-7-16(28)13-17(29)8-4-15-6-10-19(21(12-15)39-2)42-43(35,36)37/h3-12,22-25,27,30-32H,13H2,1-2H3,(H,33,34)(H,35,36,37)/b7-3+,8-4+/t22-,23-,24+,25-,27+/m0/s1. The largest absolute Gasteiger partial charge is 0.493 e. The van der Waals surface area contributed by atoms with Gasteiger partial charge in [-0.25, -0.2) is 4.79 Å². The molecule has 232 valence electrons. The first-order valence-corrected chi connectivity index (χ1v) is 13.6. The van der Waals surface area contributed by atoms with Crippen molar-refractivity contribution in [2.45, 2.75) is 37.1 Å². The van der Waals surface area contributed by atoms with Crippen LogP contribution in [0.25, 0.3) is 12.2 Å². The molecule has 15 nitrogen and oxygen atoms in total. The van der Waals surface area contributed by atoms with E-state index >= 15 is 0 Å². The summed E-state index contributed by atoms with van der Waals surface area (Å²) in [7, 11) is -2.22. The van der Waals surface area contributed by atoms with Crippen LogP contribution in [0.5, 0.6) is 23.0 Å². The summed E-state index contributed by atoms with van der Waals surface area (Å²) in [4.78, 5) is 35.9. The Labute approximate surface area is 245 Å². The Bertz CT molecular complexity index is 1510. The summed E-state index contributed by atoms with van der Waals surface area (Å²) in [6.45, 7) is 0. The third kappa shape index (κ3) is 9.08. The molecule has 0 radical (unpaired) electrons. The number of hydrogen-bond donors (Lipinski definition) is 5. The molecule has 1 fully saturated rings. The average molecular weight is 625 g/mol. The number of carboxylic acid groups (broad SMARTS) is 1. The Morgan fingerprint density at radius 2 is 1.33 bits per heavy atom. The monoisotopic (exact) mass is 624 g/mol. The summed E-state index contributed by atoms with van der Waals surface area (Å²) in [6, 6.07) is 8.26. The first-order chi connectivity index (χ1) is 20.2. The zero-order valence-corrected chi connectivity index (χ0v) is 23.4. The Balaban J connectivity index is 1.62. The fraction of sp³-hybridized carbons (Fsp3) is 0.296. The highest BCUT2D eigenvalue weighted by Gasteiger charge is 2.48. The number of benzene rings is 2. The van der Waals surface area contributed by atoms with Crippen molar-refractivity contribution in [1.82, 2.24) is 0 Å². The van der Waals surface area contributed by atoms with Crippen LogP contribution in [0.2, 0.25) is 0 Å². The fourth-order valence-electron chi connectivity index (χ4n) is 3.80. The molecule has 5 N–H and O–H groups in total. The number of aliphatic hydroxyl groups excluding tert-OH is 3. The first kappa shape index (κ1) is 33.2. The van der Waals surface area contributed by atoms with E-state index in [-0.39, 0.29) is 23.0 Å². The lowest BCUT2D eigenvalue weighted by Gasteiger charge is -2.38. The van der Waals surface area contributed by atoms with E-state index in [2.05, 4.69) is 4.18 Å². The van der Waals surface area contributed by atoms with Gasteiger partial charge in [0.2, 0.25) is 6.29 Å². The second-order valence-corrected chi connectivity index (χ2v) is 9.98. The third-order valence-electron chi connectivity index (χ3n) is 5.90. The molecular formula is C27H28O15S. The maximum Gasteiger partial charge on any atom is 0.446 e. The number of carbonyl (C=O) groups is 3. The molecule has 3 rings (SSSR count). The van der Waals surface area contributed by atoms with Crippen LogP contribution in [0.3, 0.4) is 0 Å². The maximum absolute atomic E-state index is 12.3. The number of aliphatic carboxylic acids is 1. The summed E-state index contributed by atoms with van der Waals surface area (Å²) in [6.07, 6.45) is -4.41. The molecule has 0 unspecified atom stereocenters. The summed E-state index contributed by atoms with van der Waals surface area (Å²) in [5.41, 5.74) is 0.865. The lowest BCUT2D eigenvalue weighted by molar-refractivity contribution is -0.271. The van der Waals surface area contributed by atoms with Crippen molar-refractivity contribution in [3.05, 3.63) is 59.7 Å². The molecule has 0 saturated carbocycles. The molecule has 0 spiro atoms. The molecule has 0 aromatic heterocycles. The van der Waals surface area contributed by atoms with Crippen molar-refractivity contribution in [3.8, 4) is 23.0 Å². The van der Waals surface area contributed by atoms with E-state index in [1.165, 1.54) is 62.8 Å². The van der Waals surface area contributed by atoms with Crippen LogP contribution in [0.1, 0.15) is 17.5 Å². The highest BCUT2D eigenvalue weighted by molar-refractivity contribution is 7.81. The van der Waals surface area contributed by atoms with Crippen LogP contribution >= 0.6 is 0 Å². The Morgan fingerprint density at radius 3 is 1.81 bits per heavy atom. The molecule has 43 heavy (non-hydrogen) atoms. The number of rotatable bonds is 13. The van der Waals surface area contributed by atoms with Gasteiger partial charge in [0, 0.05) is 0 Å². The van der Waals surface area contributed by atoms with Crippen LogP contribution in [0.4, 0.5) is 0 Å². The molecule has 5 atom stereocenters. The van der Waals surface area contributed by atoms with Gasteiger partial charge in [-0.05, 0) is 47.5 Å². The van der Waals surface area contributed by atoms with Crippen LogP contribution in [-0.4, -0.2) is 95.9 Å². The van der Waals surface area contributed by atoms with Crippen LogP contribution in [0.15, 0.2) is 48.6 Å². The van der Waals surface area contributed by atoms with Crippen LogP contribution in [-0.2, 0) is 29.5 Å². The minimum Gasteiger partial charge on any atom is -0.493 e. The van der Waals surface area contributed by atoms with Crippen molar-refractivity contribution in [2.24, 2.45) is 0 Å². The number of carboxylic acids is 1. The van der Waals surface area contributed by atoms with Crippen molar-refractivity contribution in [2.75, 3.05) is 14.2 Å². The quantitative estimate of drug-likeness (QED) is 0.115. The van der Waals surface area contributed by atoms with Gasteiger partial charge in [0.05, 0.1) is 20.6 Å². The number of ether oxygens (including phenoxy) is 4. The van der Waals surface area contributed by atoms with E-state index in [0.29, 0.717) is 11.1 Å². The van der Waals surface area contributed by atoms with Crippen LogP contribution < -0.4 is 18.4 Å². The first-order valence-electron chi connectivity index (χ1n) is 12.3. The number of aliphatic hydroxyl groups is 3. The van der Waals surface area contributed by atoms with Gasteiger partial charge in [0.25, 0.3) is 0 Å². The normalized spacial score (nSPS) is 22.3. The SMILES string of the molecule is COc1cc(/C=C/C(=O)CC(=O)/C=C/c2ccc(OS(=O)(=O)O)c(OC)c2)ccc1O[C@@H]1O[C@H](C(=O)O)[C@@H](O)[C@H](O)[C@H]1O. The van der Waals surface area contributed by atoms with Gasteiger partial charge >= 0.3 is 16.4 Å². The van der Waals surface area contributed by atoms with Gasteiger partial charge in [-0.3, -0.25) is 14.1 Å². The highest BCUT2D eigenvalue weighted by Crippen LogP contribution is 2.33. The molecule has 2 aromatic carbocycles. The zero-order chi connectivity index (χ0) is 31.9. The molecule has 1 aliphatic heterocycles. The molecule has 0 bridgehead atoms. The number of carbonyl (C=O) groups excluding carboxylic acids is 2. The van der Waals surface area contributed by atoms with Crippen molar-refractivity contribution >= 4 is 40.1 Å². The van der Waals surface area contributed by atoms with Crippen molar-refractivity contribution in [1.29, 1.82) is 0 Å². The molecule has 1 heterocycles. The zero-order valence-electron chi connectivity index (χ0n) is 22.6. The van der Waals surface area contributed by atoms with Crippen molar-refractivity contribution < 1.29 is 70.9 Å². The molecular weight excluding hydrogens is 596 g/mol. The fourth-order valence-corrected chi connectivity index (χ4v) is 4.16. The number of ketones is 2. The second-order valence-electron chi connectivity index (χ2n) is 8.96. The van der Waals surface area contributed by atoms with E-state index in [9.17, 15) is 43.2 Å². The Morgan fingerprint density at radius 1 is 0.814 bits per heavy atom. The third-order valence-corrected chi connectivity index (χ3v) is 6.29. The number of hydrogen-bond acceptors (Lipinski definition) is 13. The minimum atomic E-state index is -4.77. The van der Waals surface area contributed by atoms with E-state index in [1.54, 1.807) is 0 Å². The summed E-state index contributed by atoms with van der Waals surface area (Å²) >= 11 is 0. The van der Waals surface area contributed by atoms with Gasteiger partial charge in [0.1, 0.15) is 18.3 Å². The van der Waals surface area contributed by atoms with Gasteiger partial charge in [-0.15, -0.1) is 0 Å².